The SMILES string of the molecule is CN(C)C(=O)c1ccc([S])cc1. The zero-order chi connectivity index (χ0) is 9.14. The quantitative estimate of drug-likeness (QED) is 0.646. The van der Waals surface area contributed by atoms with E-state index in [9.17, 15) is 4.79 Å². The second kappa shape index (κ2) is 3.54. The van der Waals surface area contributed by atoms with Gasteiger partial charge < -0.3 is 4.90 Å². The van der Waals surface area contributed by atoms with Crippen LogP contribution in [0, 0.1) is 0 Å². The van der Waals surface area contributed by atoms with Gasteiger partial charge in [-0.15, -0.1) is 0 Å². The van der Waals surface area contributed by atoms with Crippen LogP contribution in [0.15, 0.2) is 29.2 Å². The smallest absolute Gasteiger partial charge is 0.253 e. The van der Waals surface area contributed by atoms with Crippen LogP contribution in [-0.2, 0) is 0 Å². The first-order valence-corrected chi connectivity index (χ1v) is 4.01. The number of carbonyl (C=O) groups excluding carboxylic acids is 1. The van der Waals surface area contributed by atoms with E-state index < -0.39 is 0 Å². The molecule has 0 heterocycles. The molecule has 0 unspecified atom stereocenters. The van der Waals surface area contributed by atoms with E-state index in [0.717, 1.165) is 4.90 Å². The first kappa shape index (κ1) is 9.00. The first-order chi connectivity index (χ1) is 5.61. The molecule has 1 aromatic carbocycles. The lowest BCUT2D eigenvalue weighted by Crippen LogP contribution is -2.21. The van der Waals surface area contributed by atoms with Gasteiger partial charge in [0, 0.05) is 24.6 Å². The van der Waals surface area contributed by atoms with E-state index in [1.54, 1.807) is 43.3 Å². The predicted molar refractivity (Wildman–Crippen MR) is 50.3 cm³/mol. The Hall–Kier alpha value is -1.09. The van der Waals surface area contributed by atoms with Gasteiger partial charge in [-0.25, -0.2) is 0 Å². The molecule has 3 heteroatoms. The van der Waals surface area contributed by atoms with Crippen molar-refractivity contribution in [1.29, 1.82) is 0 Å². The fourth-order valence-electron chi connectivity index (χ4n) is 0.856. The second-order valence-electron chi connectivity index (χ2n) is 2.72. The van der Waals surface area contributed by atoms with Gasteiger partial charge >= 0.3 is 0 Å². The Kier molecular flexibility index (Phi) is 2.65. The van der Waals surface area contributed by atoms with Crippen molar-refractivity contribution >= 4 is 18.5 Å². The maximum absolute atomic E-state index is 11.3. The second-order valence-corrected chi connectivity index (χ2v) is 3.20. The van der Waals surface area contributed by atoms with Crippen LogP contribution >= 0.6 is 12.6 Å². The third-order valence-corrected chi connectivity index (χ3v) is 1.78. The van der Waals surface area contributed by atoms with Gasteiger partial charge in [0.05, 0.1) is 0 Å². The van der Waals surface area contributed by atoms with Gasteiger partial charge in [-0.1, -0.05) is 12.6 Å². The topological polar surface area (TPSA) is 20.3 Å². The molecule has 0 aliphatic heterocycles. The lowest BCUT2D eigenvalue weighted by atomic mass is 10.2. The van der Waals surface area contributed by atoms with Gasteiger partial charge in [-0.3, -0.25) is 4.79 Å². The summed E-state index contributed by atoms with van der Waals surface area (Å²) >= 11 is 4.90. The summed E-state index contributed by atoms with van der Waals surface area (Å²) in [7, 11) is 3.45. The highest BCUT2D eigenvalue weighted by Crippen LogP contribution is 2.08. The molecule has 0 atom stereocenters. The molecule has 0 aliphatic rings. The van der Waals surface area contributed by atoms with Gasteiger partial charge in [0.15, 0.2) is 0 Å². The molecule has 0 aliphatic carbocycles. The minimum atomic E-state index is 0.00463. The highest BCUT2D eigenvalue weighted by atomic mass is 32.1. The minimum absolute atomic E-state index is 0.00463. The summed E-state index contributed by atoms with van der Waals surface area (Å²) in [6.07, 6.45) is 0. The van der Waals surface area contributed by atoms with E-state index >= 15 is 0 Å². The first-order valence-electron chi connectivity index (χ1n) is 3.60. The summed E-state index contributed by atoms with van der Waals surface area (Å²) in [6.45, 7) is 0. The molecule has 0 saturated carbocycles. The number of benzene rings is 1. The summed E-state index contributed by atoms with van der Waals surface area (Å²) in [5.41, 5.74) is 0.675. The number of carbonyl (C=O) groups is 1. The minimum Gasteiger partial charge on any atom is -0.345 e. The molecule has 0 spiro atoms. The van der Waals surface area contributed by atoms with Crippen molar-refractivity contribution in [3.05, 3.63) is 29.8 Å². The van der Waals surface area contributed by atoms with Crippen LogP contribution in [0.3, 0.4) is 0 Å². The summed E-state index contributed by atoms with van der Waals surface area (Å²) in [5, 5.41) is 0. The Morgan fingerprint density at radius 3 is 2.17 bits per heavy atom. The molecule has 0 aromatic heterocycles. The molecule has 0 saturated heterocycles. The third kappa shape index (κ3) is 1.95. The Bertz CT molecular complexity index is 279. The molecule has 1 radical (unpaired) electrons. The Balaban J connectivity index is 2.90. The van der Waals surface area contributed by atoms with Crippen LogP contribution in [0.25, 0.3) is 0 Å². The highest BCUT2D eigenvalue weighted by Gasteiger charge is 2.05. The Labute approximate surface area is 77.6 Å². The maximum Gasteiger partial charge on any atom is 0.253 e. The standard InChI is InChI=1S/C9H10NOS/c1-10(2)9(11)7-3-5-8(12)6-4-7/h3-6H,1-2H3. The summed E-state index contributed by atoms with van der Waals surface area (Å²) in [4.78, 5) is 13.6. The largest absolute Gasteiger partial charge is 0.345 e. The van der Waals surface area contributed by atoms with Crippen LogP contribution in [0.2, 0.25) is 0 Å². The van der Waals surface area contributed by atoms with Crippen molar-refractivity contribution in [3.63, 3.8) is 0 Å². The molecular formula is C9H10NOS. The number of hydrogen-bond acceptors (Lipinski definition) is 1. The van der Waals surface area contributed by atoms with Gasteiger partial charge in [-0.05, 0) is 24.3 Å². The number of nitrogens with zero attached hydrogens (tertiary/aromatic N) is 1. The fourth-order valence-corrected chi connectivity index (χ4v) is 0.992. The van der Waals surface area contributed by atoms with Gasteiger partial charge in [0.25, 0.3) is 5.91 Å². The predicted octanol–water partition coefficient (Wildman–Crippen LogP) is 1.94. The lowest BCUT2D eigenvalue weighted by molar-refractivity contribution is 0.0827. The van der Waals surface area contributed by atoms with E-state index in [0.29, 0.717) is 5.56 Å². The summed E-state index contributed by atoms with van der Waals surface area (Å²) in [6, 6.07) is 6.99. The highest BCUT2D eigenvalue weighted by molar-refractivity contribution is 7.80. The summed E-state index contributed by atoms with van der Waals surface area (Å²) in [5.74, 6) is 0.00463. The molecule has 0 fully saturated rings. The molecule has 1 rings (SSSR count). The molecule has 2 nitrogen and oxygen atoms in total. The fraction of sp³-hybridized carbons (Fsp3) is 0.222. The van der Waals surface area contributed by atoms with Crippen molar-refractivity contribution in [2.24, 2.45) is 0 Å². The van der Waals surface area contributed by atoms with E-state index in [2.05, 4.69) is 0 Å². The number of rotatable bonds is 1. The molecule has 12 heavy (non-hydrogen) atoms. The maximum atomic E-state index is 11.3. The van der Waals surface area contributed by atoms with Crippen molar-refractivity contribution < 1.29 is 4.79 Å². The Morgan fingerprint density at radius 2 is 1.75 bits per heavy atom. The third-order valence-electron chi connectivity index (χ3n) is 1.51. The summed E-state index contributed by atoms with van der Waals surface area (Å²) < 4.78 is 0. The number of amides is 1. The number of hydrogen-bond donors (Lipinski definition) is 0. The van der Waals surface area contributed by atoms with E-state index in [4.69, 9.17) is 12.6 Å². The van der Waals surface area contributed by atoms with Crippen molar-refractivity contribution in [2.45, 2.75) is 4.90 Å². The normalized spacial score (nSPS) is 9.50. The van der Waals surface area contributed by atoms with Gasteiger partial charge in [0.1, 0.15) is 0 Å². The van der Waals surface area contributed by atoms with Gasteiger partial charge in [0.2, 0.25) is 0 Å². The molecule has 63 valence electrons. The average Bonchev–Trinajstić information content (AvgIpc) is 2.04. The van der Waals surface area contributed by atoms with Crippen LogP contribution in [-0.4, -0.2) is 24.9 Å². The monoisotopic (exact) mass is 180 g/mol. The molecular weight excluding hydrogens is 170 g/mol. The van der Waals surface area contributed by atoms with Crippen molar-refractivity contribution in [1.82, 2.24) is 4.90 Å². The van der Waals surface area contributed by atoms with E-state index in [1.807, 2.05) is 0 Å². The van der Waals surface area contributed by atoms with Gasteiger partial charge in [-0.2, -0.15) is 0 Å². The average molecular weight is 180 g/mol. The molecule has 0 bridgehead atoms. The molecule has 1 amide bonds. The van der Waals surface area contributed by atoms with Crippen LogP contribution < -0.4 is 0 Å². The molecule has 1 aromatic rings. The van der Waals surface area contributed by atoms with Crippen LogP contribution in [0.1, 0.15) is 10.4 Å². The zero-order valence-electron chi connectivity index (χ0n) is 7.07. The van der Waals surface area contributed by atoms with Crippen LogP contribution in [0.5, 0.6) is 0 Å². The van der Waals surface area contributed by atoms with E-state index in [1.165, 1.54) is 0 Å². The zero-order valence-corrected chi connectivity index (χ0v) is 7.89. The lowest BCUT2D eigenvalue weighted by Gasteiger charge is -2.09. The van der Waals surface area contributed by atoms with Crippen molar-refractivity contribution in [2.75, 3.05) is 14.1 Å². The van der Waals surface area contributed by atoms with Crippen LogP contribution in [0.4, 0.5) is 0 Å². The van der Waals surface area contributed by atoms with Crippen molar-refractivity contribution in [3.8, 4) is 0 Å². The van der Waals surface area contributed by atoms with E-state index in [-0.39, 0.29) is 5.91 Å². The Morgan fingerprint density at radius 1 is 1.25 bits per heavy atom. The molecule has 0 N–H and O–H groups in total.